The second-order valence-electron chi connectivity index (χ2n) is 5.58. The van der Waals surface area contributed by atoms with Crippen LogP contribution in [0.25, 0.3) is 0 Å². The van der Waals surface area contributed by atoms with E-state index >= 15 is 0 Å². The van der Waals surface area contributed by atoms with Gasteiger partial charge in [0.15, 0.2) is 11.6 Å². The van der Waals surface area contributed by atoms with Gasteiger partial charge in [-0.15, -0.1) is 0 Å². The smallest absolute Gasteiger partial charge is 0.267 e. The number of hydrogen-bond acceptors (Lipinski definition) is 5. The summed E-state index contributed by atoms with van der Waals surface area (Å²) >= 11 is 0. The van der Waals surface area contributed by atoms with Crippen molar-refractivity contribution in [1.82, 2.24) is 9.55 Å². The standard InChI is InChI=1S/C17H21N5O3/c1-11(22-8-7-19-10-22)16(18)21-25-13(3)17(24)20-15-6-4-5-14(9-15)12(2)23/h4-11,13H,1-3H3,(H2,18,21)(H,20,24)/t11-,13-/m0/s1. The van der Waals surface area contributed by atoms with Crippen LogP contribution in [0.2, 0.25) is 0 Å². The summed E-state index contributed by atoms with van der Waals surface area (Å²) in [4.78, 5) is 32.7. The fourth-order valence-corrected chi connectivity index (χ4v) is 1.98. The van der Waals surface area contributed by atoms with E-state index in [1.165, 1.54) is 6.92 Å². The Morgan fingerprint density at radius 1 is 1.36 bits per heavy atom. The van der Waals surface area contributed by atoms with Gasteiger partial charge in [0.2, 0.25) is 6.10 Å². The van der Waals surface area contributed by atoms with Crippen molar-refractivity contribution in [1.29, 1.82) is 0 Å². The average Bonchev–Trinajstić information content (AvgIpc) is 3.13. The summed E-state index contributed by atoms with van der Waals surface area (Å²) in [6.07, 6.45) is 4.15. The maximum atomic E-state index is 12.2. The molecular formula is C17H21N5O3. The van der Waals surface area contributed by atoms with Crippen LogP contribution >= 0.6 is 0 Å². The lowest BCUT2D eigenvalue weighted by Gasteiger charge is -2.14. The van der Waals surface area contributed by atoms with Crippen molar-refractivity contribution in [3.63, 3.8) is 0 Å². The minimum atomic E-state index is -0.852. The first-order valence-corrected chi connectivity index (χ1v) is 7.77. The maximum absolute atomic E-state index is 12.2. The van der Waals surface area contributed by atoms with Gasteiger partial charge >= 0.3 is 0 Å². The number of rotatable bonds is 7. The van der Waals surface area contributed by atoms with E-state index in [0.717, 1.165) is 0 Å². The lowest BCUT2D eigenvalue weighted by Crippen LogP contribution is -2.29. The number of hydrogen-bond donors (Lipinski definition) is 2. The molecule has 0 saturated heterocycles. The van der Waals surface area contributed by atoms with Crippen LogP contribution < -0.4 is 11.1 Å². The fraction of sp³-hybridized carbons (Fsp3) is 0.294. The zero-order chi connectivity index (χ0) is 18.4. The number of carbonyl (C=O) groups is 2. The first-order valence-electron chi connectivity index (χ1n) is 7.77. The van der Waals surface area contributed by atoms with Crippen LogP contribution in [0.1, 0.15) is 37.2 Å². The van der Waals surface area contributed by atoms with Gasteiger partial charge in [0.05, 0.1) is 12.4 Å². The van der Waals surface area contributed by atoms with Crippen molar-refractivity contribution >= 4 is 23.2 Å². The molecule has 1 amide bonds. The third-order valence-corrected chi connectivity index (χ3v) is 3.62. The third-order valence-electron chi connectivity index (χ3n) is 3.62. The highest BCUT2D eigenvalue weighted by atomic mass is 16.6. The van der Waals surface area contributed by atoms with E-state index in [4.69, 9.17) is 10.6 Å². The highest BCUT2D eigenvalue weighted by Gasteiger charge is 2.16. The Morgan fingerprint density at radius 2 is 2.12 bits per heavy atom. The number of Topliss-reactive ketones (excluding diaryl/α,β-unsaturated/α-hetero) is 1. The van der Waals surface area contributed by atoms with Gasteiger partial charge in [-0.1, -0.05) is 17.3 Å². The molecular weight excluding hydrogens is 322 g/mol. The molecule has 1 heterocycles. The van der Waals surface area contributed by atoms with Gasteiger partial charge in [0, 0.05) is 23.6 Å². The van der Waals surface area contributed by atoms with Gasteiger partial charge in [-0.2, -0.15) is 0 Å². The molecule has 0 aliphatic rings. The molecule has 1 aromatic carbocycles. The molecule has 2 rings (SSSR count). The zero-order valence-electron chi connectivity index (χ0n) is 14.3. The predicted molar refractivity (Wildman–Crippen MR) is 94.2 cm³/mol. The Morgan fingerprint density at radius 3 is 2.76 bits per heavy atom. The largest absolute Gasteiger partial charge is 0.383 e. The molecule has 1 aromatic heterocycles. The average molecular weight is 343 g/mol. The highest BCUT2D eigenvalue weighted by molar-refractivity contribution is 5.98. The molecule has 8 nitrogen and oxygen atoms in total. The number of aromatic nitrogens is 2. The molecule has 0 radical (unpaired) electrons. The van der Waals surface area contributed by atoms with Crippen LogP contribution in [0.5, 0.6) is 0 Å². The zero-order valence-corrected chi connectivity index (χ0v) is 14.3. The van der Waals surface area contributed by atoms with Crippen LogP contribution in [-0.4, -0.2) is 33.2 Å². The Balaban J connectivity index is 1.95. The number of nitrogens with zero attached hydrogens (tertiary/aromatic N) is 3. The van der Waals surface area contributed by atoms with Crippen molar-refractivity contribution in [2.75, 3.05) is 5.32 Å². The number of amides is 1. The molecule has 2 atom stereocenters. The van der Waals surface area contributed by atoms with Gasteiger partial charge in [-0.25, -0.2) is 4.98 Å². The number of ketones is 1. The molecule has 132 valence electrons. The lowest BCUT2D eigenvalue weighted by molar-refractivity contribution is -0.126. The van der Waals surface area contributed by atoms with Crippen molar-refractivity contribution < 1.29 is 14.4 Å². The Labute approximate surface area is 145 Å². The molecule has 0 aliphatic carbocycles. The quantitative estimate of drug-likeness (QED) is 0.345. The number of oxime groups is 1. The van der Waals surface area contributed by atoms with Gasteiger partial charge in [-0.05, 0) is 32.9 Å². The lowest BCUT2D eigenvalue weighted by atomic mass is 10.1. The van der Waals surface area contributed by atoms with Crippen LogP contribution in [-0.2, 0) is 9.63 Å². The Hall–Kier alpha value is -3.16. The molecule has 0 unspecified atom stereocenters. The summed E-state index contributed by atoms with van der Waals surface area (Å²) in [6.45, 7) is 4.86. The summed E-state index contributed by atoms with van der Waals surface area (Å²) in [7, 11) is 0. The number of nitrogens with two attached hydrogens (primary N) is 1. The molecule has 8 heteroatoms. The van der Waals surface area contributed by atoms with E-state index in [-0.39, 0.29) is 17.7 Å². The normalized spacial score (nSPS) is 13.8. The van der Waals surface area contributed by atoms with E-state index in [1.54, 1.807) is 54.5 Å². The summed E-state index contributed by atoms with van der Waals surface area (Å²) in [5, 5.41) is 6.50. The van der Waals surface area contributed by atoms with E-state index in [9.17, 15) is 9.59 Å². The first kappa shape index (κ1) is 18.2. The van der Waals surface area contributed by atoms with Crippen molar-refractivity contribution in [3.05, 3.63) is 48.5 Å². The summed E-state index contributed by atoms with van der Waals surface area (Å²) in [5.74, 6) is -0.255. The number of benzene rings is 1. The molecule has 0 bridgehead atoms. The van der Waals surface area contributed by atoms with Crippen molar-refractivity contribution in [2.45, 2.75) is 32.9 Å². The van der Waals surface area contributed by atoms with E-state index in [1.807, 2.05) is 6.92 Å². The molecule has 0 fully saturated rings. The third kappa shape index (κ3) is 4.90. The number of nitrogens with one attached hydrogen (secondary N) is 1. The summed E-state index contributed by atoms with van der Waals surface area (Å²) in [6, 6.07) is 6.42. The molecule has 25 heavy (non-hydrogen) atoms. The minimum Gasteiger partial charge on any atom is -0.383 e. The van der Waals surface area contributed by atoms with E-state index in [2.05, 4.69) is 15.5 Å². The van der Waals surface area contributed by atoms with Gasteiger partial charge in [0.1, 0.15) is 0 Å². The molecule has 3 N–H and O–H groups in total. The summed E-state index contributed by atoms with van der Waals surface area (Å²) in [5.41, 5.74) is 6.90. The SMILES string of the molecule is CC(=O)c1cccc(NC(=O)[C@H](C)O/N=C(\N)[C@H](C)n2ccnc2)c1. The molecule has 2 aromatic rings. The van der Waals surface area contributed by atoms with Crippen LogP contribution in [0.15, 0.2) is 48.1 Å². The van der Waals surface area contributed by atoms with Gasteiger partial charge < -0.3 is 20.5 Å². The maximum Gasteiger partial charge on any atom is 0.267 e. The first-order chi connectivity index (χ1) is 11.9. The number of imidazole rings is 1. The Bertz CT molecular complexity index is 770. The second-order valence-corrected chi connectivity index (χ2v) is 5.58. The molecule has 0 saturated carbocycles. The number of anilines is 1. The van der Waals surface area contributed by atoms with Crippen molar-refractivity contribution in [2.24, 2.45) is 10.9 Å². The molecule has 0 aliphatic heterocycles. The summed E-state index contributed by atoms with van der Waals surface area (Å²) < 4.78 is 1.76. The van der Waals surface area contributed by atoms with Gasteiger partial charge in [-0.3, -0.25) is 9.59 Å². The second kappa shape index (κ2) is 8.09. The van der Waals surface area contributed by atoms with E-state index < -0.39 is 12.0 Å². The highest BCUT2D eigenvalue weighted by Crippen LogP contribution is 2.12. The number of carbonyl (C=O) groups excluding carboxylic acids is 2. The molecule has 0 spiro atoms. The van der Waals surface area contributed by atoms with Crippen LogP contribution in [0.3, 0.4) is 0 Å². The topological polar surface area (TPSA) is 112 Å². The van der Waals surface area contributed by atoms with Crippen LogP contribution in [0, 0.1) is 0 Å². The van der Waals surface area contributed by atoms with Crippen LogP contribution in [0.4, 0.5) is 5.69 Å². The van der Waals surface area contributed by atoms with Gasteiger partial charge in [0.25, 0.3) is 5.91 Å². The number of amidine groups is 1. The van der Waals surface area contributed by atoms with Crippen molar-refractivity contribution in [3.8, 4) is 0 Å². The predicted octanol–water partition coefficient (Wildman–Crippen LogP) is 1.96. The Kier molecular flexibility index (Phi) is 5.89. The minimum absolute atomic E-state index is 0.0775. The monoisotopic (exact) mass is 343 g/mol. The van der Waals surface area contributed by atoms with E-state index in [0.29, 0.717) is 11.3 Å². The fourth-order valence-electron chi connectivity index (χ4n) is 1.98.